The zero-order valence-corrected chi connectivity index (χ0v) is 10.9. The molecule has 2 nitrogen and oxygen atoms in total. The Hall–Kier alpha value is -0.340. The smallest absolute Gasteiger partial charge is 0.0219 e. The quantitative estimate of drug-likeness (QED) is 0.608. The summed E-state index contributed by atoms with van der Waals surface area (Å²) in [5.74, 6) is 0. The number of allylic oxidation sites excluding steroid dienone is 1. The lowest BCUT2D eigenvalue weighted by Gasteiger charge is -2.26. The minimum Gasteiger partial charge on any atom is -0.308 e. The van der Waals surface area contributed by atoms with Crippen molar-refractivity contribution in [3.8, 4) is 0 Å². The van der Waals surface area contributed by atoms with Crippen LogP contribution >= 0.6 is 0 Å². The van der Waals surface area contributed by atoms with Crippen molar-refractivity contribution in [2.75, 3.05) is 34.7 Å². The minimum absolute atomic E-state index is 0.651. The third-order valence-corrected chi connectivity index (χ3v) is 2.01. The standard InChI is InChI=1S/C10H22N2.C2H6/c1-6-7-8-10(12(4)5)9-11(2)3;1-2/h6,10H,1,7-9H2,2-5H3;1-2H3. The van der Waals surface area contributed by atoms with Crippen LogP contribution in [0.2, 0.25) is 0 Å². The minimum atomic E-state index is 0.651. The van der Waals surface area contributed by atoms with Gasteiger partial charge >= 0.3 is 0 Å². The van der Waals surface area contributed by atoms with Crippen molar-refractivity contribution in [2.45, 2.75) is 32.7 Å². The van der Waals surface area contributed by atoms with Crippen LogP contribution in [-0.2, 0) is 0 Å². The molecule has 1 atom stereocenters. The molecule has 86 valence electrons. The number of hydrogen-bond donors (Lipinski definition) is 0. The molecule has 0 saturated heterocycles. The van der Waals surface area contributed by atoms with Crippen molar-refractivity contribution in [1.29, 1.82) is 0 Å². The molecule has 0 aliphatic rings. The normalized spacial score (nSPS) is 12.3. The maximum atomic E-state index is 3.74. The second-order valence-corrected chi connectivity index (χ2v) is 3.75. The highest BCUT2D eigenvalue weighted by molar-refractivity contribution is 4.75. The Morgan fingerprint density at radius 2 is 1.64 bits per heavy atom. The van der Waals surface area contributed by atoms with Gasteiger partial charge in [-0.25, -0.2) is 0 Å². The molecular formula is C12H28N2. The molecule has 14 heavy (non-hydrogen) atoms. The van der Waals surface area contributed by atoms with Crippen LogP contribution in [0.4, 0.5) is 0 Å². The molecule has 0 aromatic rings. The number of likely N-dealkylation sites (N-methyl/N-ethyl adjacent to an activating group) is 2. The second-order valence-electron chi connectivity index (χ2n) is 3.75. The lowest BCUT2D eigenvalue weighted by Crippen LogP contribution is -2.37. The van der Waals surface area contributed by atoms with Gasteiger partial charge in [-0.15, -0.1) is 6.58 Å². The molecule has 0 radical (unpaired) electrons. The van der Waals surface area contributed by atoms with Gasteiger partial charge in [0.05, 0.1) is 0 Å². The molecule has 0 rings (SSSR count). The fraction of sp³-hybridized carbons (Fsp3) is 0.833. The van der Waals surface area contributed by atoms with E-state index in [1.165, 1.54) is 6.42 Å². The average molecular weight is 200 g/mol. The number of hydrogen-bond acceptors (Lipinski definition) is 2. The Morgan fingerprint density at radius 1 is 1.14 bits per heavy atom. The van der Waals surface area contributed by atoms with E-state index in [-0.39, 0.29) is 0 Å². The maximum Gasteiger partial charge on any atom is 0.0219 e. The first-order valence-corrected chi connectivity index (χ1v) is 5.50. The molecule has 0 aliphatic carbocycles. The van der Waals surface area contributed by atoms with E-state index in [0.717, 1.165) is 13.0 Å². The van der Waals surface area contributed by atoms with Crippen molar-refractivity contribution < 1.29 is 0 Å². The van der Waals surface area contributed by atoms with Gasteiger partial charge in [0.25, 0.3) is 0 Å². The zero-order chi connectivity index (χ0) is 11.6. The fourth-order valence-electron chi connectivity index (χ4n) is 1.24. The summed E-state index contributed by atoms with van der Waals surface area (Å²) in [6, 6.07) is 0.651. The second kappa shape index (κ2) is 10.7. The Kier molecular flexibility index (Phi) is 12.4. The molecule has 0 N–H and O–H groups in total. The highest BCUT2D eigenvalue weighted by atomic mass is 15.2. The summed E-state index contributed by atoms with van der Waals surface area (Å²) in [5.41, 5.74) is 0. The number of rotatable bonds is 6. The SMILES string of the molecule is C=CCCC(CN(C)C)N(C)C.CC. The summed E-state index contributed by atoms with van der Waals surface area (Å²) in [7, 11) is 8.50. The first kappa shape index (κ1) is 16.1. The molecule has 0 heterocycles. The fourth-order valence-corrected chi connectivity index (χ4v) is 1.24. The molecule has 2 heteroatoms. The van der Waals surface area contributed by atoms with Gasteiger partial charge < -0.3 is 9.80 Å². The van der Waals surface area contributed by atoms with E-state index in [1.807, 2.05) is 19.9 Å². The van der Waals surface area contributed by atoms with Crippen LogP contribution in [0.3, 0.4) is 0 Å². The highest BCUT2D eigenvalue weighted by Crippen LogP contribution is 2.04. The van der Waals surface area contributed by atoms with Crippen molar-refractivity contribution in [3.63, 3.8) is 0 Å². The average Bonchev–Trinajstić information content (AvgIpc) is 2.14. The third kappa shape index (κ3) is 9.75. The van der Waals surface area contributed by atoms with E-state index in [9.17, 15) is 0 Å². The lowest BCUT2D eigenvalue weighted by molar-refractivity contribution is 0.219. The van der Waals surface area contributed by atoms with Crippen LogP contribution < -0.4 is 0 Å². The van der Waals surface area contributed by atoms with Crippen molar-refractivity contribution in [3.05, 3.63) is 12.7 Å². The topological polar surface area (TPSA) is 6.48 Å². The van der Waals surface area contributed by atoms with E-state index in [2.05, 4.69) is 44.6 Å². The van der Waals surface area contributed by atoms with Crippen LogP contribution in [0.25, 0.3) is 0 Å². The molecule has 0 fully saturated rings. The Labute approximate surface area is 90.6 Å². The van der Waals surface area contributed by atoms with Gasteiger partial charge in [-0.05, 0) is 41.0 Å². The van der Waals surface area contributed by atoms with Gasteiger partial charge in [0.2, 0.25) is 0 Å². The predicted molar refractivity (Wildman–Crippen MR) is 66.8 cm³/mol. The molecule has 0 aliphatic heterocycles. The van der Waals surface area contributed by atoms with Crippen LogP contribution in [0, 0.1) is 0 Å². The van der Waals surface area contributed by atoms with E-state index >= 15 is 0 Å². The Balaban J connectivity index is 0. The van der Waals surface area contributed by atoms with E-state index in [1.54, 1.807) is 0 Å². The maximum absolute atomic E-state index is 3.74. The summed E-state index contributed by atoms with van der Waals surface area (Å²) in [6.45, 7) is 8.86. The van der Waals surface area contributed by atoms with Gasteiger partial charge in [0.1, 0.15) is 0 Å². The van der Waals surface area contributed by atoms with Crippen LogP contribution in [0.1, 0.15) is 26.7 Å². The molecule has 0 aromatic heterocycles. The van der Waals surface area contributed by atoms with Crippen LogP contribution in [0.15, 0.2) is 12.7 Å². The molecule has 0 aromatic carbocycles. The van der Waals surface area contributed by atoms with Crippen molar-refractivity contribution in [1.82, 2.24) is 9.80 Å². The number of nitrogens with zero attached hydrogens (tertiary/aromatic N) is 2. The molecule has 0 spiro atoms. The van der Waals surface area contributed by atoms with Crippen LogP contribution in [-0.4, -0.2) is 50.6 Å². The summed E-state index contributed by atoms with van der Waals surface area (Å²) in [5, 5.41) is 0. The van der Waals surface area contributed by atoms with E-state index < -0.39 is 0 Å². The van der Waals surface area contributed by atoms with Gasteiger partial charge in [0.15, 0.2) is 0 Å². The molecule has 0 amide bonds. The summed E-state index contributed by atoms with van der Waals surface area (Å²) in [6.07, 6.45) is 4.30. The van der Waals surface area contributed by atoms with Gasteiger partial charge in [-0.1, -0.05) is 19.9 Å². The summed E-state index contributed by atoms with van der Waals surface area (Å²) < 4.78 is 0. The van der Waals surface area contributed by atoms with E-state index in [4.69, 9.17) is 0 Å². The van der Waals surface area contributed by atoms with Crippen LogP contribution in [0.5, 0.6) is 0 Å². The summed E-state index contributed by atoms with van der Waals surface area (Å²) in [4.78, 5) is 4.51. The van der Waals surface area contributed by atoms with Gasteiger partial charge in [-0.2, -0.15) is 0 Å². The highest BCUT2D eigenvalue weighted by Gasteiger charge is 2.10. The first-order chi connectivity index (χ1) is 6.57. The Bertz CT molecular complexity index is 119. The third-order valence-electron chi connectivity index (χ3n) is 2.01. The molecule has 0 saturated carbocycles. The predicted octanol–water partition coefficient (Wildman–Crippen LogP) is 2.47. The molecule has 1 unspecified atom stereocenters. The summed E-state index contributed by atoms with van der Waals surface area (Å²) >= 11 is 0. The Morgan fingerprint density at radius 3 is 1.93 bits per heavy atom. The monoisotopic (exact) mass is 200 g/mol. The zero-order valence-electron chi connectivity index (χ0n) is 10.9. The van der Waals surface area contributed by atoms with Gasteiger partial charge in [0, 0.05) is 12.6 Å². The molecular weight excluding hydrogens is 172 g/mol. The molecule has 0 bridgehead atoms. The van der Waals surface area contributed by atoms with Crippen molar-refractivity contribution in [2.24, 2.45) is 0 Å². The largest absolute Gasteiger partial charge is 0.308 e. The van der Waals surface area contributed by atoms with Crippen molar-refractivity contribution >= 4 is 0 Å². The van der Waals surface area contributed by atoms with E-state index in [0.29, 0.717) is 6.04 Å². The first-order valence-electron chi connectivity index (χ1n) is 5.50. The van der Waals surface area contributed by atoms with Gasteiger partial charge in [-0.3, -0.25) is 0 Å². The lowest BCUT2D eigenvalue weighted by atomic mass is 10.1.